The third-order valence-electron chi connectivity index (χ3n) is 3.49. The van der Waals surface area contributed by atoms with Crippen LogP contribution in [0.15, 0.2) is 65.1 Å². The molecule has 1 heterocycles. The number of halogens is 1. The van der Waals surface area contributed by atoms with Crippen LogP contribution < -0.4 is 10.1 Å². The van der Waals surface area contributed by atoms with Crippen molar-refractivity contribution < 1.29 is 23.8 Å². The van der Waals surface area contributed by atoms with E-state index in [1.54, 1.807) is 48.5 Å². The van der Waals surface area contributed by atoms with Gasteiger partial charge in [-0.05, 0) is 48.5 Å². The molecular formula is C19H14ClNO5. The first-order valence-electron chi connectivity index (χ1n) is 7.63. The van der Waals surface area contributed by atoms with Gasteiger partial charge in [-0.15, -0.1) is 0 Å². The van der Waals surface area contributed by atoms with Crippen molar-refractivity contribution in [3.8, 4) is 5.75 Å². The number of carbonyl (C=O) groups is 2. The van der Waals surface area contributed by atoms with E-state index in [1.165, 1.54) is 12.1 Å². The molecule has 132 valence electrons. The molecule has 0 aliphatic carbocycles. The first kappa shape index (κ1) is 17.6. The van der Waals surface area contributed by atoms with Gasteiger partial charge in [-0.25, -0.2) is 4.79 Å². The molecule has 3 rings (SSSR count). The lowest BCUT2D eigenvalue weighted by molar-refractivity contribution is 0.0658. The summed E-state index contributed by atoms with van der Waals surface area (Å²) in [5, 5.41) is 12.0. The van der Waals surface area contributed by atoms with Gasteiger partial charge in [-0.1, -0.05) is 23.7 Å². The fourth-order valence-corrected chi connectivity index (χ4v) is 2.37. The third kappa shape index (κ3) is 4.23. The number of benzene rings is 2. The van der Waals surface area contributed by atoms with Gasteiger partial charge in [-0.2, -0.15) is 0 Å². The van der Waals surface area contributed by atoms with Crippen LogP contribution in [0, 0.1) is 0 Å². The molecule has 7 heteroatoms. The maximum atomic E-state index is 12.2. The van der Waals surface area contributed by atoms with E-state index in [-0.39, 0.29) is 18.3 Å². The largest absolute Gasteiger partial charge is 0.486 e. The summed E-state index contributed by atoms with van der Waals surface area (Å²) in [7, 11) is 0. The van der Waals surface area contributed by atoms with Gasteiger partial charge in [0.25, 0.3) is 5.91 Å². The minimum absolute atomic E-state index is 0.0818. The first-order chi connectivity index (χ1) is 12.5. The normalized spacial score (nSPS) is 10.3. The van der Waals surface area contributed by atoms with Gasteiger partial charge in [-0.3, -0.25) is 4.79 Å². The number of anilines is 1. The Morgan fingerprint density at radius 3 is 2.42 bits per heavy atom. The van der Waals surface area contributed by atoms with Crippen molar-refractivity contribution in [2.75, 3.05) is 5.32 Å². The van der Waals surface area contributed by atoms with Crippen LogP contribution in [0.1, 0.15) is 26.7 Å². The molecular weight excluding hydrogens is 358 g/mol. The van der Waals surface area contributed by atoms with Crippen LogP contribution in [0.2, 0.25) is 5.02 Å². The number of para-hydroxylation sites is 1. The number of carbonyl (C=O) groups excluding carboxylic acids is 1. The zero-order valence-electron chi connectivity index (χ0n) is 13.4. The predicted octanol–water partition coefficient (Wildman–Crippen LogP) is 4.46. The lowest BCUT2D eigenvalue weighted by Crippen LogP contribution is -2.12. The molecule has 2 aromatic carbocycles. The molecule has 0 radical (unpaired) electrons. The van der Waals surface area contributed by atoms with Gasteiger partial charge >= 0.3 is 5.97 Å². The van der Waals surface area contributed by atoms with E-state index in [4.69, 9.17) is 25.9 Å². The average molecular weight is 372 g/mol. The Balaban J connectivity index is 1.60. The van der Waals surface area contributed by atoms with Crippen molar-refractivity contribution in [2.24, 2.45) is 0 Å². The van der Waals surface area contributed by atoms with Crippen molar-refractivity contribution in [3.63, 3.8) is 0 Å². The molecule has 0 atom stereocenters. The van der Waals surface area contributed by atoms with Crippen LogP contribution in [0.4, 0.5) is 5.69 Å². The summed E-state index contributed by atoms with van der Waals surface area (Å²) in [6, 6.07) is 16.4. The first-order valence-corrected chi connectivity index (χ1v) is 8.01. The second kappa shape index (κ2) is 7.76. The lowest BCUT2D eigenvalue weighted by Gasteiger charge is -2.08. The van der Waals surface area contributed by atoms with Crippen molar-refractivity contribution in [1.29, 1.82) is 0 Å². The predicted molar refractivity (Wildman–Crippen MR) is 95.8 cm³/mol. The summed E-state index contributed by atoms with van der Waals surface area (Å²) >= 11 is 6.02. The number of ether oxygens (including phenoxy) is 1. The SMILES string of the molecule is O=C(Nc1ccccc1Cl)c1ccc(OCc2ccc(C(=O)O)o2)cc1. The van der Waals surface area contributed by atoms with Crippen molar-refractivity contribution >= 4 is 29.2 Å². The molecule has 0 bridgehead atoms. The highest BCUT2D eigenvalue weighted by Crippen LogP contribution is 2.22. The number of carboxylic acids is 1. The van der Waals surface area contributed by atoms with E-state index in [0.29, 0.717) is 27.8 Å². The molecule has 0 spiro atoms. The number of nitrogens with one attached hydrogen (secondary N) is 1. The average Bonchev–Trinajstić information content (AvgIpc) is 3.12. The molecule has 0 aliphatic heterocycles. The number of aromatic carboxylic acids is 1. The van der Waals surface area contributed by atoms with E-state index in [1.807, 2.05) is 0 Å². The second-order valence-electron chi connectivity index (χ2n) is 5.32. The van der Waals surface area contributed by atoms with Gasteiger partial charge < -0.3 is 19.6 Å². The molecule has 0 unspecified atom stereocenters. The summed E-state index contributed by atoms with van der Waals surface area (Å²) in [5.41, 5.74) is 0.981. The molecule has 0 saturated heterocycles. The van der Waals surface area contributed by atoms with E-state index in [2.05, 4.69) is 5.32 Å². The highest BCUT2D eigenvalue weighted by molar-refractivity contribution is 6.33. The Bertz CT molecular complexity index is 933. The number of amides is 1. The van der Waals surface area contributed by atoms with E-state index in [9.17, 15) is 9.59 Å². The van der Waals surface area contributed by atoms with Crippen LogP contribution in [0.5, 0.6) is 5.75 Å². The Labute approximate surface area is 154 Å². The molecule has 26 heavy (non-hydrogen) atoms. The Kier molecular flexibility index (Phi) is 5.24. The topological polar surface area (TPSA) is 88.8 Å². The lowest BCUT2D eigenvalue weighted by atomic mass is 10.2. The van der Waals surface area contributed by atoms with E-state index >= 15 is 0 Å². The highest BCUT2D eigenvalue weighted by Gasteiger charge is 2.10. The zero-order chi connectivity index (χ0) is 18.5. The van der Waals surface area contributed by atoms with E-state index in [0.717, 1.165) is 0 Å². The quantitative estimate of drug-likeness (QED) is 0.667. The van der Waals surface area contributed by atoms with Gasteiger partial charge in [0.05, 0.1) is 10.7 Å². The van der Waals surface area contributed by atoms with E-state index < -0.39 is 5.97 Å². The monoisotopic (exact) mass is 371 g/mol. The van der Waals surface area contributed by atoms with Gasteiger partial charge in [0.2, 0.25) is 5.76 Å². The fraction of sp³-hybridized carbons (Fsp3) is 0.0526. The van der Waals surface area contributed by atoms with Crippen molar-refractivity contribution in [3.05, 3.63) is 82.8 Å². The molecule has 6 nitrogen and oxygen atoms in total. The number of hydrogen-bond acceptors (Lipinski definition) is 4. The number of furan rings is 1. The summed E-state index contributed by atoms with van der Waals surface area (Å²) in [6.07, 6.45) is 0. The zero-order valence-corrected chi connectivity index (χ0v) is 14.2. The van der Waals surface area contributed by atoms with Crippen LogP contribution in [-0.4, -0.2) is 17.0 Å². The van der Waals surface area contributed by atoms with Crippen LogP contribution in [0.25, 0.3) is 0 Å². The minimum atomic E-state index is -1.13. The standard InChI is InChI=1S/C19H14ClNO5/c20-15-3-1-2-4-16(15)21-18(22)12-5-7-13(8-6-12)25-11-14-9-10-17(26-14)19(23)24/h1-10H,11H2,(H,21,22)(H,23,24). The molecule has 0 fully saturated rings. The summed E-state index contributed by atoms with van der Waals surface area (Å²) < 4.78 is 10.6. The molecule has 2 N–H and O–H groups in total. The number of rotatable bonds is 6. The minimum Gasteiger partial charge on any atom is -0.486 e. The summed E-state index contributed by atoms with van der Waals surface area (Å²) in [4.78, 5) is 23.0. The molecule has 0 aliphatic rings. The fourth-order valence-electron chi connectivity index (χ4n) is 2.18. The Morgan fingerprint density at radius 1 is 1.04 bits per heavy atom. The summed E-state index contributed by atoms with van der Waals surface area (Å²) in [5.74, 6) is -0.655. The molecule has 3 aromatic rings. The molecule has 1 amide bonds. The van der Waals surface area contributed by atoms with Crippen molar-refractivity contribution in [1.82, 2.24) is 0 Å². The highest BCUT2D eigenvalue weighted by atomic mass is 35.5. The maximum Gasteiger partial charge on any atom is 0.371 e. The Morgan fingerprint density at radius 2 is 1.77 bits per heavy atom. The van der Waals surface area contributed by atoms with Crippen LogP contribution >= 0.6 is 11.6 Å². The van der Waals surface area contributed by atoms with Crippen molar-refractivity contribution in [2.45, 2.75) is 6.61 Å². The van der Waals surface area contributed by atoms with Crippen LogP contribution in [0.3, 0.4) is 0 Å². The summed E-state index contributed by atoms with van der Waals surface area (Å²) in [6.45, 7) is 0.0818. The van der Waals surface area contributed by atoms with Gasteiger partial charge in [0.1, 0.15) is 18.1 Å². The van der Waals surface area contributed by atoms with Crippen LogP contribution in [-0.2, 0) is 6.61 Å². The molecule has 0 saturated carbocycles. The number of hydrogen-bond donors (Lipinski definition) is 2. The van der Waals surface area contributed by atoms with Gasteiger partial charge in [0.15, 0.2) is 0 Å². The maximum absolute atomic E-state index is 12.2. The number of carboxylic acid groups (broad SMARTS) is 1. The van der Waals surface area contributed by atoms with Gasteiger partial charge in [0, 0.05) is 5.56 Å². The smallest absolute Gasteiger partial charge is 0.371 e. The molecule has 1 aromatic heterocycles. The Hall–Kier alpha value is -3.25. The second-order valence-corrected chi connectivity index (χ2v) is 5.73. The third-order valence-corrected chi connectivity index (χ3v) is 3.82.